The lowest BCUT2D eigenvalue weighted by Gasteiger charge is -2.22. The number of carboxylic acids is 1. The summed E-state index contributed by atoms with van der Waals surface area (Å²) >= 11 is 6.34. The quantitative estimate of drug-likeness (QED) is 0.666. The van der Waals surface area contributed by atoms with Gasteiger partial charge in [0.25, 0.3) is 5.91 Å². The number of hydrogen-bond acceptors (Lipinski definition) is 4. The molecule has 1 aliphatic rings. The molecule has 0 spiro atoms. The van der Waals surface area contributed by atoms with Crippen LogP contribution in [0.2, 0.25) is 0 Å². The second-order valence-electron chi connectivity index (χ2n) is 4.74. The van der Waals surface area contributed by atoms with Gasteiger partial charge in [-0.1, -0.05) is 37.3 Å². The number of amides is 1. The van der Waals surface area contributed by atoms with Crippen molar-refractivity contribution in [3.05, 3.63) is 28.9 Å². The Bertz CT molecular complexity index is 621. The fourth-order valence-electron chi connectivity index (χ4n) is 2.14. The van der Waals surface area contributed by atoms with Crippen molar-refractivity contribution in [3.8, 4) is 0 Å². The molecule has 21 heavy (non-hydrogen) atoms. The Labute approximate surface area is 132 Å². The first-order chi connectivity index (χ1) is 9.95. The van der Waals surface area contributed by atoms with Gasteiger partial charge < -0.3 is 9.67 Å². The van der Waals surface area contributed by atoms with E-state index in [1.807, 2.05) is 36.9 Å². The van der Waals surface area contributed by atoms with E-state index in [0.717, 1.165) is 17.5 Å². The number of thiocarbonyl (C=S) groups is 1. The van der Waals surface area contributed by atoms with E-state index in [0.29, 0.717) is 22.1 Å². The average Bonchev–Trinajstić information content (AvgIpc) is 2.93. The first-order valence-corrected chi connectivity index (χ1v) is 7.79. The molecule has 7 heteroatoms. The summed E-state index contributed by atoms with van der Waals surface area (Å²) in [5.41, 5.74) is 0.873. The third-order valence-electron chi connectivity index (χ3n) is 3.25. The van der Waals surface area contributed by atoms with Gasteiger partial charge in [-0.15, -0.1) is 0 Å². The number of carbonyl (C=O) groups is 2. The van der Waals surface area contributed by atoms with Crippen molar-refractivity contribution in [2.45, 2.75) is 25.8 Å². The van der Waals surface area contributed by atoms with E-state index in [4.69, 9.17) is 12.2 Å². The Kier molecular flexibility index (Phi) is 4.84. The van der Waals surface area contributed by atoms with Gasteiger partial charge in [-0.05, 0) is 24.6 Å². The van der Waals surface area contributed by atoms with E-state index in [9.17, 15) is 14.7 Å². The van der Waals surface area contributed by atoms with Gasteiger partial charge >= 0.3 is 5.97 Å². The van der Waals surface area contributed by atoms with Crippen LogP contribution in [0.15, 0.2) is 23.2 Å². The van der Waals surface area contributed by atoms with Crippen LogP contribution in [-0.2, 0) is 16.6 Å². The molecule has 0 aliphatic carbocycles. The molecular weight excluding hydrogens is 308 g/mol. The molecule has 1 fully saturated rings. The number of thioether (sulfide) groups is 1. The minimum Gasteiger partial charge on any atom is -0.480 e. The van der Waals surface area contributed by atoms with Crippen LogP contribution in [-0.4, -0.2) is 36.8 Å². The van der Waals surface area contributed by atoms with Gasteiger partial charge in [-0.3, -0.25) is 9.69 Å². The van der Waals surface area contributed by atoms with E-state index in [1.165, 1.54) is 4.90 Å². The average molecular weight is 324 g/mol. The van der Waals surface area contributed by atoms with Crippen LogP contribution in [0.25, 0.3) is 6.08 Å². The molecule has 0 radical (unpaired) electrons. The monoisotopic (exact) mass is 324 g/mol. The topological polar surface area (TPSA) is 62.5 Å². The van der Waals surface area contributed by atoms with Crippen molar-refractivity contribution in [3.63, 3.8) is 0 Å². The van der Waals surface area contributed by atoms with Gasteiger partial charge in [0.1, 0.15) is 10.4 Å². The van der Waals surface area contributed by atoms with E-state index in [1.54, 1.807) is 6.08 Å². The molecule has 1 aromatic rings. The van der Waals surface area contributed by atoms with Crippen LogP contribution in [0.3, 0.4) is 0 Å². The summed E-state index contributed by atoms with van der Waals surface area (Å²) in [5, 5.41) is 9.30. The van der Waals surface area contributed by atoms with Gasteiger partial charge in [0, 0.05) is 18.9 Å². The Morgan fingerprint density at radius 2 is 2.29 bits per heavy atom. The molecule has 0 bridgehead atoms. The van der Waals surface area contributed by atoms with Crippen LogP contribution in [0.5, 0.6) is 0 Å². The second-order valence-corrected chi connectivity index (χ2v) is 6.41. The van der Waals surface area contributed by atoms with E-state index in [-0.39, 0.29) is 5.91 Å². The zero-order chi connectivity index (χ0) is 15.6. The van der Waals surface area contributed by atoms with Gasteiger partial charge in [-0.25, -0.2) is 4.79 Å². The highest BCUT2D eigenvalue weighted by Gasteiger charge is 2.39. The van der Waals surface area contributed by atoms with Crippen LogP contribution in [0.4, 0.5) is 0 Å². The second kappa shape index (κ2) is 6.44. The molecule has 2 rings (SSSR count). The van der Waals surface area contributed by atoms with Crippen LogP contribution >= 0.6 is 24.0 Å². The van der Waals surface area contributed by atoms with Crippen LogP contribution < -0.4 is 0 Å². The smallest absolute Gasteiger partial charge is 0.326 e. The summed E-state index contributed by atoms with van der Waals surface area (Å²) in [6, 6.07) is 2.87. The molecule has 112 valence electrons. The highest BCUT2D eigenvalue weighted by Crippen LogP contribution is 2.34. The number of hydrogen-bond donors (Lipinski definition) is 1. The molecule has 0 aromatic carbocycles. The SMILES string of the molecule is CCC[C@H](C(=O)O)N1C(=O)/C(=C\c2cccn2C)SC1=S. The molecule has 1 aliphatic heterocycles. The summed E-state index contributed by atoms with van der Waals surface area (Å²) in [5.74, 6) is -1.35. The van der Waals surface area contributed by atoms with Gasteiger partial charge in [0.05, 0.1) is 4.91 Å². The Balaban J connectivity index is 2.30. The molecule has 1 atom stereocenters. The van der Waals surface area contributed by atoms with Crippen molar-refractivity contribution >= 4 is 46.3 Å². The third kappa shape index (κ3) is 3.19. The fraction of sp³-hybridized carbons (Fsp3) is 0.357. The maximum absolute atomic E-state index is 12.5. The lowest BCUT2D eigenvalue weighted by molar-refractivity contribution is -0.145. The minimum atomic E-state index is -1.02. The molecule has 5 nitrogen and oxygen atoms in total. The highest BCUT2D eigenvalue weighted by molar-refractivity contribution is 8.26. The normalized spacial score (nSPS) is 18.6. The number of rotatable bonds is 5. The Hall–Kier alpha value is -1.60. The zero-order valence-electron chi connectivity index (χ0n) is 11.8. The molecular formula is C14H16N2O3S2. The third-order valence-corrected chi connectivity index (χ3v) is 4.58. The number of carboxylic acid groups (broad SMARTS) is 1. The molecule has 2 heterocycles. The minimum absolute atomic E-state index is 0.307. The Morgan fingerprint density at radius 1 is 1.57 bits per heavy atom. The predicted molar refractivity (Wildman–Crippen MR) is 86.8 cm³/mol. The summed E-state index contributed by atoms with van der Waals surface area (Å²) in [6.07, 6.45) is 4.68. The van der Waals surface area contributed by atoms with Gasteiger partial charge in [0.2, 0.25) is 0 Å². The zero-order valence-corrected chi connectivity index (χ0v) is 13.4. The number of aromatic nitrogens is 1. The van der Waals surface area contributed by atoms with E-state index < -0.39 is 12.0 Å². The maximum atomic E-state index is 12.5. The fourth-order valence-corrected chi connectivity index (χ4v) is 3.48. The highest BCUT2D eigenvalue weighted by atomic mass is 32.2. The molecule has 1 saturated heterocycles. The number of aryl methyl sites for hydroxylation is 1. The van der Waals surface area contributed by atoms with Crippen molar-refractivity contribution in [2.75, 3.05) is 0 Å². The molecule has 1 amide bonds. The van der Waals surface area contributed by atoms with Crippen molar-refractivity contribution in [1.29, 1.82) is 0 Å². The molecule has 1 aromatic heterocycles. The van der Waals surface area contributed by atoms with E-state index in [2.05, 4.69) is 0 Å². The van der Waals surface area contributed by atoms with E-state index >= 15 is 0 Å². The van der Waals surface area contributed by atoms with Crippen molar-refractivity contribution < 1.29 is 14.7 Å². The summed E-state index contributed by atoms with van der Waals surface area (Å²) in [4.78, 5) is 25.5. The molecule has 0 saturated carbocycles. The van der Waals surface area contributed by atoms with Gasteiger partial charge in [0.15, 0.2) is 0 Å². The number of nitrogens with zero attached hydrogens (tertiary/aromatic N) is 2. The summed E-state index contributed by atoms with van der Waals surface area (Å²) in [6.45, 7) is 1.88. The maximum Gasteiger partial charge on any atom is 0.326 e. The Morgan fingerprint density at radius 3 is 2.81 bits per heavy atom. The predicted octanol–water partition coefficient (Wildman–Crippen LogP) is 2.48. The first kappa shape index (κ1) is 15.8. The van der Waals surface area contributed by atoms with Crippen LogP contribution in [0, 0.1) is 0 Å². The molecule has 1 N–H and O–H groups in total. The number of aliphatic carboxylic acids is 1. The lowest BCUT2D eigenvalue weighted by atomic mass is 10.1. The summed E-state index contributed by atoms with van der Waals surface area (Å²) in [7, 11) is 1.88. The summed E-state index contributed by atoms with van der Waals surface area (Å²) < 4.78 is 2.19. The largest absolute Gasteiger partial charge is 0.480 e. The van der Waals surface area contributed by atoms with Crippen molar-refractivity contribution in [1.82, 2.24) is 9.47 Å². The standard InChI is InChI=1S/C14H16N2O3S2/c1-3-5-10(13(18)19)16-12(17)11(21-14(16)20)8-9-6-4-7-15(9)2/h4,6-8,10H,3,5H2,1-2H3,(H,18,19)/b11-8+/t10-/m1/s1. The number of carbonyl (C=O) groups excluding carboxylic acids is 1. The lowest BCUT2D eigenvalue weighted by Crippen LogP contribution is -2.43. The first-order valence-electron chi connectivity index (χ1n) is 6.57. The van der Waals surface area contributed by atoms with Crippen molar-refractivity contribution in [2.24, 2.45) is 7.05 Å². The molecule has 0 unspecified atom stereocenters. The van der Waals surface area contributed by atoms with Crippen LogP contribution in [0.1, 0.15) is 25.5 Å². The van der Waals surface area contributed by atoms with Gasteiger partial charge in [-0.2, -0.15) is 0 Å².